The number of halogens is 3. The molecule has 0 spiro atoms. The fraction of sp³-hybridized carbons (Fsp3) is 0.286. The molecule has 7 nitrogen and oxygen atoms in total. The zero-order valence-electron chi connectivity index (χ0n) is 17.6. The highest BCUT2D eigenvalue weighted by Crippen LogP contribution is 2.33. The number of hydrogen-bond donors (Lipinski definition) is 1. The van der Waals surface area contributed by atoms with E-state index in [-0.39, 0.29) is 11.4 Å². The average molecular weight is 466 g/mol. The maximum atomic E-state index is 12.8. The van der Waals surface area contributed by atoms with Gasteiger partial charge in [0.05, 0.1) is 25.5 Å². The van der Waals surface area contributed by atoms with E-state index in [1.165, 1.54) is 19.2 Å². The van der Waals surface area contributed by atoms with Gasteiger partial charge >= 0.3 is 6.18 Å². The SMILES string of the molecule is CCn1c(SCC(=O)Nc2cccc(C(F)(F)F)c2)nnc1-c1ccc(OC)c(OC)c1. The first kappa shape index (κ1) is 23.5. The first-order valence-corrected chi connectivity index (χ1v) is 10.5. The monoisotopic (exact) mass is 466 g/mol. The Morgan fingerprint density at radius 1 is 1.09 bits per heavy atom. The molecule has 32 heavy (non-hydrogen) atoms. The summed E-state index contributed by atoms with van der Waals surface area (Å²) in [7, 11) is 3.09. The number of rotatable bonds is 8. The molecule has 1 aromatic heterocycles. The molecule has 0 aliphatic heterocycles. The van der Waals surface area contributed by atoms with Crippen LogP contribution in [0.5, 0.6) is 11.5 Å². The molecule has 0 saturated heterocycles. The number of nitrogens with one attached hydrogen (secondary N) is 1. The maximum Gasteiger partial charge on any atom is 0.416 e. The van der Waals surface area contributed by atoms with Gasteiger partial charge in [0.2, 0.25) is 5.91 Å². The molecule has 0 saturated carbocycles. The highest BCUT2D eigenvalue weighted by atomic mass is 32.2. The molecule has 0 radical (unpaired) electrons. The molecule has 0 aliphatic carbocycles. The van der Waals surface area contributed by atoms with Crippen LogP contribution in [0.3, 0.4) is 0 Å². The van der Waals surface area contributed by atoms with Crippen molar-refractivity contribution in [3.63, 3.8) is 0 Å². The number of thioether (sulfide) groups is 1. The topological polar surface area (TPSA) is 78.3 Å². The zero-order chi connectivity index (χ0) is 23.3. The van der Waals surface area contributed by atoms with Crippen molar-refractivity contribution in [2.75, 3.05) is 25.3 Å². The molecule has 2 aromatic carbocycles. The van der Waals surface area contributed by atoms with Crippen LogP contribution in [0.2, 0.25) is 0 Å². The minimum Gasteiger partial charge on any atom is -0.493 e. The Balaban J connectivity index is 1.71. The largest absolute Gasteiger partial charge is 0.493 e. The van der Waals surface area contributed by atoms with E-state index in [0.29, 0.717) is 29.0 Å². The van der Waals surface area contributed by atoms with Crippen molar-refractivity contribution < 1.29 is 27.4 Å². The minimum atomic E-state index is -4.48. The standard InChI is InChI=1S/C21H21F3N4O3S/c1-4-28-19(13-8-9-16(30-2)17(10-13)31-3)26-27-20(28)32-12-18(29)25-15-7-5-6-14(11-15)21(22,23)24/h5-11H,4,12H2,1-3H3,(H,25,29). The molecule has 1 N–H and O–H groups in total. The van der Waals surface area contributed by atoms with E-state index >= 15 is 0 Å². The second kappa shape index (κ2) is 9.94. The molecular formula is C21H21F3N4O3S. The van der Waals surface area contributed by atoms with Gasteiger partial charge in [-0.15, -0.1) is 10.2 Å². The second-order valence-corrected chi connectivity index (χ2v) is 7.48. The van der Waals surface area contributed by atoms with Crippen LogP contribution in [-0.4, -0.2) is 40.6 Å². The van der Waals surface area contributed by atoms with Crippen LogP contribution in [0, 0.1) is 0 Å². The summed E-state index contributed by atoms with van der Waals surface area (Å²) in [4.78, 5) is 12.3. The minimum absolute atomic E-state index is 0.0414. The fourth-order valence-electron chi connectivity index (χ4n) is 2.97. The fourth-order valence-corrected chi connectivity index (χ4v) is 3.77. The summed E-state index contributed by atoms with van der Waals surface area (Å²) in [6.45, 7) is 2.47. The number of carbonyl (C=O) groups is 1. The quantitative estimate of drug-likeness (QED) is 0.484. The Labute approximate surface area is 186 Å². The van der Waals surface area contributed by atoms with E-state index in [9.17, 15) is 18.0 Å². The van der Waals surface area contributed by atoms with Gasteiger partial charge in [-0.3, -0.25) is 4.79 Å². The third-order valence-electron chi connectivity index (χ3n) is 4.48. The molecule has 0 fully saturated rings. The van der Waals surface area contributed by atoms with Crippen molar-refractivity contribution in [2.24, 2.45) is 0 Å². The molecule has 0 aliphatic rings. The van der Waals surface area contributed by atoms with Gasteiger partial charge in [0.25, 0.3) is 0 Å². The lowest BCUT2D eigenvalue weighted by Crippen LogP contribution is -2.15. The van der Waals surface area contributed by atoms with Gasteiger partial charge in [-0.05, 0) is 43.3 Å². The lowest BCUT2D eigenvalue weighted by molar-refractivity contribution is -0.137. The van der Waals surface area contributed by atoms with Gasteiger partial charge in [0.15, 0.2) is 22.5 Å². The van der Waals surface area contributed by atoms with Crippen LogP contribution in [0.25, 0.3) is 11.4 Å². The van der Waals surface area contributed by atoms with Gasteiger partial charge in [0.1, 0.15) is 0 Å². The van der Waals surface area contributed by atoms with Crippen molar-refractivity contribution in [3.05, 3.63) is 48.0 Å². The Kier molecular flexibility index (Phi) is 7.29. The van der Waals surface area contributed by atoms with E-state index < -0.39 is 17.6 Å². The first-order valence-electron chi connectivity index (χ1n) is 9.52. The predicted octanol–water partition coefficient (Wildman–Crippen LogP) is 4.73. The number of carbonyl (C=O) groups excluding carboxylic acids is 1. The van der Waals surface area contributed by atoms with Crippen LogP contribution in [0.1, 0.15) is 12.5 Å². The third kappa shape index (κ3) is 5.34. The number of methoxy groups -OCH3 is 2. The molecule has 1 amide bonds. The molecule has 0 atom stereocenters. The normalized spacial score (nSPS) is 11.3. The second-order valence-electron chi connectivity index (χ2n) is 6.54. The third-order valence-corrected chi connectivity index (χ3v) is 5.45. The van der Waals surface area contributed by atoms with E-state index in [2.05, 4.69) is 15.5 Å². The number of alkyl halides is 3. The number of benzene rings is 2. The highest BCUT2D eigenvalue weighted by molar-refractivity contribution is 7.99. The number of amides is 1. The van der Waals surface area contributed by atoms with Crippen molar-refractivity contribution in [1.29, 1.82) is 0 Å². The molecule has 0 unspecified atom stereocenters. The summed E-state index contributed by atoms with van der Waals surface area (Å²) in [6.07, 6.45) is -4.48. The smallest absolute Gasteiger partial charge is 0.416 e. The predicted molar refractivity (Wildman–Crippen MR) is 115 cm³/mol. The molecule has 170 valence electrons. The summed E-state index contributed by atoms with van der Waals surface area (Å²) >= 11 is 1.14. The van der Waals surface area contributed by atoms with Crippen molar-refractivity contribution in [2.45, 2.75) is 24.8 Å². The number of anilines is 1. The van der Waals surface area contributed by atoms with Crippen molar-refractivity contribution in [1.82, 2.24) is 14.8 Å². The van der Waals surface area contributed by atoms with Crippen LogP contribution in [-0.2, 0) is 17.5 Å². The number of aromatic nitrogens is 3. The highest BCUT2D eigenvalue weighted by Gasteiger charge is 2.30. The molecule has 1 heterocycles. The van der Waals surface area contributed by atoms with E-state index in [0.717, 1.165) is 29.5 Å². The van der Waals surface area contributed by atoms with Gasteiger partial charge in [-0.1, -0.05) is 17.8 Å². The summed E-state index contributed by atoms with van der Waals surface area (Å²) in [5.74, 6) is 1.23. The Hall–Kier alpha value is -3.21. The number of ether oxygens (including phenoxy) is 2. The molecule has 3 aromatic rings. The van der Waals surface area contributed by atoms with Gasteiger partial charge in [-0.2, -0.15) is 13.2 Å². The Morgan fingerprint density at radius 2 is 1.84 bits per heavy atom. The number of nitrogens with zero attached hydrogens (tertiary/aromatic N) is 3. The van der Waals surface area contributed by atoms with E-state index in [1.807, 2.05) is 17.6 Å². The Bertz CT molecular complexity index is 1100. The van der Waals surface area contributed by atoms with Crippen LogP contribution in [0.15, 0.2) is 47.6 Å². The van der Waals surface area contributed by atoms with E-state index in [1.54, 1.807) is 19.2 Å². The van der Waals surface area contributed by atoms with Gasteiger partial charge in [-0.25, -0.2) is 0 Å². The molecular weight excluding hydrogens is 445 g/mol. The van der Waals surface area contributed by atoms with E-state index in [4.69, 9.17) is 9.47 Å². The number of hydrogen-bond acceptors (Lipinski definition) is 6. The van der Waals surface area contributed by atoms with Gasteiger partial charge in [0, 0.05) is 17.8 Å². The summed E-state index contributed by atoms with van der Waals surface area (Å²) in [5.41, 5.74) is 0.0129. The van der Waals surface area contributed by atoms with Gasteiger partial charge < -0.3 is 19.4 Å². The molecule has 3 rings (SSSR count). The lowest BCUT2D eigenvalue weighted by atomic mass is 10.2. The first-order chi connectivity index (χ1) is 15.3. The van der Waals surface area contributed by atoms with Crippen molar-refractivity contribution in [3.8, 4) is 22.9 Å². The molecule has 11 heteroatoms. The summed E-state index contributed by atoms with van der Waals surface area (Å²) in [5, 5.41) is 11.4. The lowest BCUT2D eigenvalue weighted by Gasteiger charge is -2.11. The summed E-state index contributed by atoms with van der Waals surface area (Å²) in [6, 6.07) is 9.86. The van der Waals surface area contributed by atoms with Crippen LogP contribution < -0.4 is 14.8 Å². The summed E-state index contributed by atoms with van der Waals surface area (Å²) < 4.78 is 50.9. The zero-order valence-corrected chi connectivity index (χ0v) is 18.4. The Morgan fingerprint density at radius 3 is 2.50 bits per heavy atom. The average Bonchev–Trinajstić information content (AvgIpc) is 3.19. The molecule has 0 bridgehead atoms. The van der Waals surface area contributed by atoms with Crippen LogP contribution >= 0.6 is 11.8 Å². The maximum absolute atomic E-state index is 12.8. The van der Waals surface area contributed by atoms with Crippen molar-refractivity contribution >= 4 is 23.4 Å². The van der Waals surface area contributed by atoms with Crippen LogP contribution in [0.4, 0.5) is 18.9 Å².